The molecule has 0 bridgehead atoms. The van der Waals surface area contributed by atoms with Crippen LogP contribution in [0, 0.1) is 5.82 Å². The Morgan fingerprint density at radius 1 is 1.16 bits per heavy atom. The molecule has 1 fully saturated rings. The number of rotatable bonds is 5. The van der Waals surface area contributed by atoms with Gasteiger partial charge in [-0.1, -0.05) is 23.5 Å². The van der Waals surface area contributed by atoms with E-state index in [0.717, 1.165) is 12.8 Å². The molecule has 1 saturated heterocycles. The number of amides is 2. The van der Waals surface area contributed by atoms with Crippen LogP contribution in [0.3, 0.4) is 0 Å². The fraction of sp³-hybridized carbons (Fsp3) is 0.273. The van der Waals surface area contributed by atoms with Crippen LogP contribution in [0.2, 0.25) is 0 Å². The van der Waals surface area contributed by atoms with Gasteiger partial charge in [0.2, 0.25) is 17.7 Å². The fourth-order valence-electron chi connectivity index (χ4n) is 3.86. The minimum Gasteiger partial charge on any atom is -0.454 e. The van der Waals surface area contributed by atoms with Crippen molar-refractivity contribution in [3.63, 3.8) is 0 Å². The number of nitrogens with zero attached hydrogens (tertiary/aromatic N) is 3. The Hall–Kier alpha value is -3.53. The number of aromatic nitrogens is 2. The zero-order valence-corrected chi connectivity index (χ0v) is 17.7. The van der Waals surface area contributed by atoms with E-state index in [1.165, 1.54) is 23.5 Å². The second-order valence-corrected chi connectivity index (χ2v) is 8.53. The van der Waals surface area contributed by atoms with Crippen molar-refractivity contribution >= 4 is 28.8 Å². The summed E-state index contributed by atoms with van der Waals surface area (Å²) in [6, 6.07) is 10.9. The highest BCUT2D eigenvalue weighted by Gasteiger charge is 2.33. The molecule has 2 aliphatic heterocycles. The van der Waals surface area contributed by atoms with E-state index in [2.05, 4.69) is 15.5 Å². The summed E-state index contributed by atoms with van der Waals surface area (Å²) in [4.78, 5) is 27.2. The first kappa shape index (κ1) is 20.4. The molecule has 2 amide bonds. The maximum Gasteiger partial charge on any atom is 0.286 e. The lowest BCUT2D eigenvalue weighted by Crippen LogP contribution is -2.31. The van der Waals surface area contributed by atoms with Crippen molar-refractivity contribution < 1.29 is 23.5 Å². The largest absolute Gasteiger partial charge is 0.454 e. The Morgan fingerprint density at radius 3 is 2.91 bits per heavy atom. The lowest BCUT2D eigenvalue weighted by atomic mass is 10.1. The monoisotopic (exact) mass is 454 g/mol. The number of fused-ring (bicyclic) bond motifs is 1. The minimum atomic E-state index is -0.386. The van der Waals surface area contributed by atoms with Crippen LogP contribution in [-0.2, 0) is 11.2 Å². The van der Waals surface area contributed by atoms with Gasteiger partial charge in [0.05, 0.1) is 12.5 Å². The van der Waals surface area contributed by atoms with Crippen molar-refractivity contribution in [2.45, 2.75) is 25.3 Å². The molecule has 3 heterocycles. The number of hydrogen-bond donors (Lipinski definition) is 1. The van der Waals surface area contributed by atoms with E-state index in [1.807, 2.05) is 0 Å². The molecule has 2 aromatic carbocycles. The predicted octanol–water partition coefficient (Wildman–Crippen LogP) is 3.56. The molecule has 0 spiro atoms. The van der Waals surface area contributed by atoms with E-state index in [1.54, 1.807) is 35.2 Å². The van der Waals surface area contributed by atoms with Gasteiger partial charge in [0.1, 0.15) is 10.8 Å². The molecule has 1 N–H and O–H groups in total. The number of halogens is 1. The van der Waals surface area contributed by atoms with E-state index >= 15 is 0 Å². The summed E-state index contributed by atoms with van der Waals surface area (Å²) in [6.45, 7) is 0.749. The number of benzene rings is 2. The quantitative estimate of drug-likeness (QED) is 0.634. The molecule has 8 nitrogen and oxygen atoms in total. The Labute approximate surface area is 187 Å². The SMILES string of the molecule is O=C(Nc1ccc2c(c1)OCO2)c1nnc(C2CCCN2C(=O)Cc2cccc(F)c2)s1. The van der Waals surface area contributed by atoms with Crippen LogP contribution in [0.25, 0.3) is 0 Å². The molecule has 1 atom stereocenters. The molecule has 1 unspecified atom stereocenters. The normalized spacial score (nSPS) is 16.9. The molecule has 0 saturated carbocycles. The number of likely N-dealkylation sites (tertiary alicyclic amines) is 1. The standard InChI is InChI=1S/C22H19FN4O4S/c23-14-4-1-3-13(9-14)10-19(28)27-8-2-5-16(27)21-25-26-22(32-21)20(29)24-15-6-7-17-18(11-15)31-12-30-17/h1,3-4,6-7,9,11,16H,2,5,8,10,12H2,(H,24,29). The van der Waals surface area contributed by atoms with Crippen molar-refractivity contribution in [2.75, 3.05) is 18.7 Å². The van der Waals surface area contributed by atoms with E-state index in [9.17, 15) is 14.0 Å². The molecule has 32 heavy (non-hydrogen) atoms. The molecule has 0 aliphatic carbocycles. The lowest BCUT2D eigenvalue weighted by Gasteiger charge is -2.22. The molecule has 10 heteroatoms. The van der Waals surface area contributed by atoms with Crippen LogP contribution in [0.5, 0.6) is 11.5 Å². The first-order valence-corrected chi connectivity index (χ1v) is 11.0. The van der Waals surface area contributed by atoms with Gasteiger partial charge in [-0.15, -0.1) is 10.2 Å². The van der Waals surface area contributed by atoms with E-state index in [0.29, 0.717) is 34.3 Å². The van der Waals surface area contributed by atoms with Crippen molar-refractivity contribution in [3.8, 4) is 11.5 Å². The Morgan fingerprint density at radius 2 is 2.03 bits per heavy atom. The molecule has 164 valence electrons. The highest BCUT2D eigenvalue weighted by molar-refractivity contribution is 7.13. The van der Waals surface area contributed by atoms with Crippen LogP contribution in [0.4, 0.5) is 10.1 Å². The van der Waals surface area contributed by atoms with Gasteiger partial charge in [0, 0.05) is 18.3 Å². The number of carbonyl (C=O) groups excluding carboxylic acids is 2. The Kier molecular flexibility index (Phi) is 5.44. The van der Waals surface area contributed by atoms with Crippen LogP contribution in [-0.4, -0.2) is 40.2 Å². The van der Waals surface area contributed by atoms with Crippen LogP contribution in [0.15, 0.2) is 42.5 Å². The second kappa shape index (κ2) is 8.54. The number of hydrogen-bond acceptors (Lipinski definition) is 7. The zero-order valence-electron chi connectivity index (χ0n) is 16.9. The summed E-state index contributed by atoms with van der Waals surface area (Å²) in [5, 5.41) is 11.8. The summed E-state index contributed by atoms with van der Waals surface area (Å²) >= 11 is 1.17. The molecule has 2 aliphatic rings. The van der Waals surface area contributed by atoms with Crippen molar-refractivity contribution in [1.82, 2.24) is 15.1 Å². The van der Waals surface area contributed by atoms with Crippen LogP contribution >= 0.6 is 11.3 Å². The van der Waals surface area contributed by atoms with Gasteiger partial charge in [0.25, 0.3) is 5.91 Å². The summed E-state index contributed by atoms with van der Waals surface area (Å²) in [7, 11) is 0. The van der Waals surface area contributed by atoms with E-state index in [4.69, 9.17) is 9.47 Å². The maximum atomic E-state index is 13.4. The fourth-order valence-corrected chi connectivity index (χ4v) is 4.75. The van der Waals surface area contributed by atoms with Crippen molar-refractivity contribution in [1.29, 1.82) is 0 Å². The van der Waals surface area contributed by atoms with Gasteiger partial charge < -0.3 is 19.7 Å². The third kappa shape index (κ3) is 4.13. The van der Waals surface area contributed by atoms with Gasteiger partial charge in [0.15, 0.2) is 11.5 Å². The van der Waals surface area contributed by atoms with Gasteiger partial charge in [-0.3, -0.25) is 9.59 Å². The lowest BCUT2D eigenvalue weighted by molar-refractivity contribution is -0.131. The number of ether oxygens (including phenoxy) is 2. The van der Waals surface area contributed by atoms with Gasteiger partial charge in [-0.2, -0.15) is 0 Å². The molecule has 1 aromatic heterocycles. The third-order valence-electron chi connectivity index (χ3n) is 5.37. The Balaban J connectivity index is 1.26. The zero-order chi connectivity index (χ0) is 22.1. The van der Waals surface area contributed by atoms with Crippen LogP contribution < -0.4 is 14.8 Å². The second-order valence-electron chi connectivity index (χ2n) is 7.52. The average Bonchev–Trinajstić information content (AvgIpc) is 3.52. The summed E-state index contributed by atoms with van der Waals surface area (Å²) in [6.07, 6.45) is 1.69. The van der Waals surface area contributed by atoms with E-state index in [-0.39, 0.29) is 41.9 Å². The predicted molar refractivity (Wildman–Crippen MR) is 114 cm³/mol. The average molecular weight is 454 g/mol. The van der Waals surface area contributed by atoms with Gasteiger partial charge in [-0.05, 0) is 42.7 Å². The number of carbonyl (C=O) groups is 2. The highest BCUT2D eigenvalue weighted by Crippen LogP contribution is 2.36. The summed E-state index contributed by atoms with van der Waals surface area (Å²) in [5.74, 6) is 0.350. The van der Waals surface area contributed by atoms with E-state index < -0.39 is 0 Å². The molecular weight excluding hydrogens is 435 g/mol. The van der Waals surface area contributed by atoms with Crippen molar-refractivity contribution in [3.05, 3.63) is 63.9 Å². The first-order chi connectivity index (χ1) is 15.6. The Bertz CT molecular complexity index is 1180. The highest BCUT2D eigenvalue weighted by atomic mass is 32.1. The molecule has 0 radical (unpaired) electrons. The summed E-state index contributed by atoms with van der Waals surface area (Å²) < 4.78 is 24.0. The van der Waals surface area contributed by atoms with Gasteiger partial charge >= 0.3 is 0 Å². The van der Waals surface area contributed by atoms with Gasteiger partial charge in [-0.25, -0.2) is 4.39 Å². The van der Waals surface area contributed by atoms with Crippen LogP contribution in [0.1, 0.15) is 39.3 Å². The number of nitrogens with one attached hydrogen (secondary N) is 1. The summed E-state index contributed by atoms with van der Waals surface area (Å²) in [5.41, 5.74) is 1.19. The number of anilines is 1. The van der Waals surface area contributed by atoms with Crippen molar-refractivity contribution in [2.24, 2.45) is 0 Å². The third-order valence-corrected chi connectivity index (χ3v) is 6.39. The topological polar surface area (TPSA) is 93.7 Å². The first-order valence-electron chi connectivity index (χ1n) is 10.1. The smallest absolute Gasteiger partial charge is 0.286 e. The molecule has 5 rings (SSSR count). The minimum absolute atomic E-state index is 0.0975. The molecular formula is C22H19FN4O4S. The molecule has 3 aromatic rings. The maximum absolute atomic E-state index is 13.4.